The summed E-state index contributed by atoms with van der Waals surface area (Å²) in [6.45, 7) is 3.36. The minimum Gasteiger partial charge on any atom is -0.462 e. The highest BCUT2D eigenvalue weighted by Gasteiger charge is 2.31. The average Bonchev–Trinajstić information content (AvgIpc) is 3.39. The zero-order valence-electron chi connectivity index (χ0n) is 24.7. The molecule has 6 rings (SSSR count). The molecule has 10 nitrogen and oxygen atoms in total. The van der Waals surface area contributed by atoms with Crippen molar-refractivity contribution < 1.29 is 22.7 Å². The molecule has 0 spiro atoms. The summed E-state index contributed by atoms with van der Waals surface area (Å²) >= 11 is 1.45. The number of ether oxygens (including phenoxy) is 1. The molecule has 0 saturated heterocycles. The number of hydrogen-bond acceptors (Lipinski definition) is 9. The lowest BCUT2D eigenvalue weighted by Crippen LogP contribution is -2.17. The van der Waals surface area contributed by atoms with Crippen molar-refractivity contribution in [2.75, 3.05) is 22.0 Å². The zero-order valence-corrected chi connectivity index (χ0v) is 26.3. The number of sulfonamides is 1. The van der Waals surface area contributed by atoms with Crippen LogP contribution in [0.3, 0.4) is 0 Å². The van der Waals surface area contributed by atoms with Crippen LogP contribution in [0.15, 0.2) is 83.8 Å². The second-order valence-corrected chi connectivity index (χ2v) is 13.4. The van der Waals surface area contributed by atoms with Crippen LogP contribution in [-0.2, 0) is 32.4 Å². The topological polar surface area (TPSA) is 139 Å². The Morgan fingerprint density at radius 1 is 0.933 bits per heavy atom. The summed E-state index contributed by atoms with van der Waals surface area (Å²) in [4.78, 5) is 35.1. The molecule has 0 unspecified atom stereocenters. The van der Waals surface area contributed by atoms with Gasteiger partial charge in [0.25, 0.3) is 10.0 Å². The van der Waals surface area contributed by atoms with Crippen molar-refractivity contribution >= 4 is 66.6 Å². The van der Waals surface area contributed by atoms with Crippen molar-refractivity contribution in [3.63, 3.8) is 0 Å². The number of fused-ring (bicyclic) bond motifs is 2. The lowest BCUT2D eigenvalue weighted by molar-refractivity contribution is -0.114. The van der Waals surface area contributed by atoms with Gasteiger partial charge in [-0.15, -0.1) is 11.3 Å². The number of carbonyl (C=O) groups is 2. The average molecular weight is 642 g/mol. The Bertz CT molecular complexity index is 1990. The van der Waals surface area contributed by atoms with E-state index in [1.807, 2.05) is 24.3 Å². The first-order valence-electron chi connectivity index (χ1n) is 14.5. The van der Waals surface area contributed by atoms with Crippen LogP contribution >= 0.6 is 11.3 Å². The zero-order chi connectivity index (χ0) is 31.6. The van der Waals surface area contributed by atoms with Crippen LogP contribution < -0.4 is 15.4 Å². The molecular formula is C33H31N5O5S2. The third kappa shape index (κ3) is 6.52. The van der Waals surface area contributed by atoms with E-state index < -0.39 is 16.0 Å². The van der Waals surface area contributed by atoms with Crippen molar-refractivity contribution in [1.82, 2.24) is 9.97 Å². The first-order valence-corrected chi connectivity index (χ1v) is 16.8. The third-order valence-electron chi connectivity index (χ3n) is 7.53. The predicted octanol–water partition coefficient (Wildman–Crippen LogP) is 6.64. The van der Waals surface area contributed by atoms with E-state index in [9.17, 15) is 18.0 Å². The van der Waals surface area contributed by atoms with Gasteiger partial charge in [0.05, 0.1) is 28.1 Å². The largest absolute Gasteiger partial charge is 0.462 e. The molecule has 2 heterocycles. The van der Waals surface area contributed by atoms with Gasteiger partial charge >= 0.3 is 5.97 Å². The molecule has 1 aliphatic rings. The summed E-state index contributed by atoms with van der Waals surface area (Å²) in [5, 5.41) is 6.41. The standard InChI is InChI=1S/C33H31N5O5S2/c1-3-43-33(40)29-25-18-13-22(21-9-5-4-6-10-21)19-28(25)44-32(29)37-30-31(36-27-12-8-7-11-26(27)35-30)38-45(41,42)24-16-14-23(15-17-24)34-20(2)39/h4-12,14-17,22H,3,13,18-19H2,1-2H3,(H,34,39)(H,35,37)(H,36,38)/t22-/m0/s1. The molecule has 1 amide bonds. The van der Waals surface area contributed by atoms with E-state index in [-0.39, 0.29) is 29.0 Å². The summed E-state index contributed by atoms with van der Waals surface area (Å²) in [6.07, 6.45) is 2.37. The lowest BCUT2D eigenvalue weighted by atomic mass is 9.83. The first kappa shape index (κ1) is 30.2. The molecule has 230 valence electrons. The highest BCUT2D eigenvalue weighted by Crippen LogP contribution is 2.44. The number of para-hydroxylation sites is 2. The highest BCUT2D eigenvalue weighted by atomic mass is 32.2. The van der Waals surface area contributed by atoms with Gasteiger partial charge < -0.3 is 15.4 Å². The highest BCUT2D eigenvalue weighted by molar-refractivity contribution is 7.92. The second kappa shape index (κ2) is 12.7. The van der Waals surface area contributed by atoms with Crippen LogP contribution in [-0.4, -0.2) is 36.9 Å². The molecule has 0 fully saturated rings. The molecule has 1 aliphatic carbocycles. The van der Waals surface area contributed by atoms with Crippen molar-refractivity contribution in [3.05, 3.63) is 100 Å². The van der Waals surface area contributed by atoms with Crippen LogP contribution in [0.25, 0.3) is 11.0 Å². The molecule has 0 radical (unpaired) electrons. The van der Waals surface area contributed by atoms with E-state index in [0.29, 0.717) is 39.6 Å². The predicted molar refractivity (Wildman–Crippen MR) is 176 cm³/mol. The Hall–Kier alpha value is -4.81. The minimum atomic E-state index is -4.11. The molecule has 45 heavy (non-hydrogen) atoms. The second-order valence-electron chi connectivity index (χ2n) is 10.6. The van der Waals surface area contributed by atoms with E-state index >= 15 is 0 Å². The molecule has 3 N–H and O–H groups in total. The van der Waals surface area contributed by atoms with Crippen molar-refractivity contribution in [2.24, 2.45) is 0 Å². The van der Waals surface area contributed by atoms with Crippen molar-refractivity contribution in [2.45, 2.75) is 43.9 Å². The number of rotatable bonds is 9. The summed E-state index contributed by atoms with van der Waals surface area (Å²) in [7, 11) is -4.11. The Morgan fingerprint density at radius 3 is 2.27 bits per heavy atom. The molecule has 0 saturated carbocycles. The van der Waals surface area contributed by atoms with Gasteiger partial charge in [0.15, 0.2) is 11.6 Å². The van der Waals surface area contributed by atoms with Crippen LogP contribution in [0.1, 0.15) is 52.5 Å². The van der Waals surface area contributed by atoms with E-state index in [1.165, 1.54) is 48.1 Å². The Balaban J connectivity index is 1.38. The fourth-order valence-electron chi connectivity index (χ4n) is 5.48. The van der Waals surface area contributed by atoms with Gasteiger partial charge in [-0.1, -0.05) is 42.5 Å². The van der Waals surface area contributed by atoms with Crippen molar-refractivity contribution in [1.29, 1.82) is 0 Å². The lowest BCUT2D eigenvalue weighted by Gasteiger charge is -2.23. The van der Waals surface area contributed by atoms with Crippen LogP contribution in [0.2, 0.25) is 0 Å². The molecular weight excluding hydrogens is 611 g/mol. The monoisotopic (exact) mass is 641 g/mol. The number of aromatic nitrogens is 2. The first-order chi connectivity index (χ1) is 21.7. The maximum absolute atomic E-state index is 13.5. The van der Waals surface area contributed by atoms with Gasteiger partial charge in [-0.25, -0.2) is 23.2 Å². The Kier molecular flexibility index (Phi) is 8.50. The van der Waals surface area contributed by atoms with E-state index in [4.69, 9.17) is 9.72 Å². The number of thiophene rings is 1. The van der Waals surface area contributed by atoms with Gasteiger partial charge in [-0.2, -0.15) is 0 Å². The maximum atomic E-state index is 13.5. The smallest absolute Gasteiger partial charge is 0.341 e. The van der Waals surface area contributed by atoms with E-state index in [1.54, 1.807) is 25.1 Å². The number of hydrogen-bond donors (Lipinski definition) is 3. The van der Waals surface area contributed by atoms with Crippen LogP contribution in [0.5, 0.6) is 0 Å². The Labute approximate surface area is 264 Å². The molecule has 12 heteroatoms. The summed E-state index contributed by atoms with van der Waals surface area (Å²) < 4.78 is 35.0. The number of benzene rings is 3. The molecule has 3 aromatic carbocycles. The van der Waals surface area contributed by atoms with Crippen LogP contribution in [0, 0.1) is 0 Å². The third-order valence-corrected chi connectivity index (χ3v) is 10.1. The molecule has 0 aliphatic heterocycles. The fraction of sp³-hybridized carbons (Fsp3) is 0.212. The van der Waals surface area contributed by atoms with Crippen LogP contribution in [0.4, 0.5) is 22.3 Å². The number of nitrogens with one attached hydrogen (secondary N) is 3. The van der Waals surface area contributed by atoms with Crippen molar-refractivity contribution in [3.8, 4) is 0 Å². The van der Waals surface area contributed by atoms with Gasteiger partial charge in [0, 0.05) is 17.5 Å². The maximum Gasteiger partial charge on any atom is 0.341 e. The number of anilines is 4. The number of amides is 1. The fourth-order valence-corrected chi connectivity index (χ4v) is 7.80. The SMILES string of the molecule is CCOC(=O)c1c(Nc2nc3ccccc3nc2NS(=O)(=O)c2ccc(NC(C)=O)cc2)sc2c1CC[C@H](c1ccccc1)C2. The number of nitrogens with zero attached hydrogens (tertiary/aromatic N) is 2. The summed E-state index contributed by atoms with van der Waals surface area (Å²) in [5.74, 6) is -0.260. The Morgan fingerprint density at radius 2 is 1.60 bits per heavy atom. The number of carbonyl (C=O) groups excluding carboxylic acids is 2. The molecule has 0 bridgehead atoms. The molecule has 1 atom stereocenters. The van der Waals surface area contributed by atoms with Gasteiger partial charge in [0.2, 0.25) is 5.91 Å². The van der Waals surface area contributed by atoms with Gasteiger partial charge in [-0.05, 0) is 79.6 Å². The van der Waals surface area contributed by atoms with E-state index in [0.717, 1.165) is 23.3 Å². The quantitative estimate of drug-likeness (QED) is 0.152. The minimum absolute atomic E-state index is 0.0248. The van der Waals surface area contributed by atoms with Gasteiger partial charge in [-0.3, -0.25) is 9.52 Å². The summed E-state index contributed by atoms with van der Waals surface area (Å²) in [5.41, 5.74) is 4.15. The molecule has 5 aromatic rings. The molecule has 2 aromatic heterocycles. The summed E-state index contributed by atoms with van der Waals surface area (Å²) in [6, 6.07) is 23.3. The van der Waals surface area contributed by atoms with Gasteiger partial charge in [0.1, 0.15) is 5.00 Å². The normalized spacial score (nSPS) is 14.4. The number of esters is 1. The van der Waals surface area contributed by atoms with E-state index in [2.05, 4.69) is 32.5 Å².